The minimum Gasteiger partial charge on any atom is -0.467 e. The van der Waals surface area contributed by atoms with Gasteiger partial charge in [-0.25, -0.2) is 14.8 Å². The average Bonchev–Trinajstić information content (AvgIpc) is 3.50. The number of rotatable bonds is 8. The van der Waals surface area contributed by atoms with E-state index in [1.54, 1.807) is 27.2 Å². The van der Waals surface area contributed by atoms with Crippen LogP contribution >= 0.6 is 0 Å². The van der Waals surface area contributed by atoms with E-state index in [0.29, 0.717) is 68.8 Å². The summed E-state index contributed by atoms with van der Waals surface area (Å²) in [7, 11) is 0. The summed E-state index contributed by atoms with van der Waals surface area (Å²) in [5.41, 5.74) is -0.729. The van der Waals surface area contributed by atoms with Crippen molar-refractivity contribution in [2.45, 2.75) is 85.4 Å². The van der Waals surface area contributed by atoms with Gasteiger partial charge >= 0.3 is 6.09 Å². The summed E-state index contributed by atoms with van der Waals surface area (Å²) in [4.78, 5) is 56.2. The van der Waals surface area contributed by atoms with E-state index in [9.17, 15) is 14.4 Å². The molecule has 3 amide bonds. The van der Waals surface area contributed by atoms with Crippen molar-refractivity contribution >= 4 is 23.7 Å². The van der Waals surface area contributed by atoms with Crippen molar-refractivity contribution in [1.29, 1.82) is 0 Å². The summed E-state index contributed by atoms with van der Waals surface area (Å²) in [6, 6.07) is 3.23. The number of carbonyl (C=O) groups excluding carboxylic acids is 3. The maximum atomic E-state index is 14.5. The summed E-state index contributed by atoms with van der Waals surface area (Å²) in [6.45, 7) is 18.8. The van der Waals surface area contributed by atoms with E-state index in [-0.39, 0.29) is 36.2 Å². The molecule has 2 aromatic rings. The molecule has 2 aliphatic rings. The van der Waals surface area contributed by atoms with Gasteiger partial charge in [-0.15, -0.1) is 0 Å². The minimum absolute atomic E-state index is 0.0350. The van der Waals surface area contributed by atoms with E-state index in [1.165, 1.54) is 0 Å². The minimum atomic E-state index is -0.706. The lowest BCUT2D eigenvalue weighted by Crippen LogP contribution is -2.58. The Bertz CT molecular complexity index is 1310. The molecule has 4 heterocycles. The Kier molecular flexibility index (Phi) is 10.8. The number of anilines is 1. The second-order valence-corrected chi connectivity index (χ2v) is 14.4. The summed E-state index contributed by atoms with van der Waals surface area (Å²) in [5.74, 6) is 1.04. The first kappa shape index (κ1) is 34.2. The molecule has 2 atom stereocenters. The first-order chi connectivity index (χ1) is 21.1. The molecule has 4 rings (SSSR count). The molecule has 2 fully saturated rings. The Hall–Kier alpha value is -3.67. The fourth-order valence-corrected chi connectivity index (χ4v) is 5.56. The SMILES string of the molecule is CC(C)CN(C(=O)c1cnc(C(C)(C)C)nc1NCc1ccco1)[C@@H]1C[C@H](C(=O)N2CCOCC2)CN(C(=O)OC(C)(C)C)C1. The van der Waals surface area contributed by atoms with Crippen LogP contribution in [0.2, 0.25) is 0 Å². The monoisotopic (exact) mass is 626 g/mol. The highest BCUT2D eigenvalue weighted by atomic mass is 16.6. The zero-order valence-corrected chi connectivity index (χ0v) is 28.1. The maximum absolute atomic E-state index is 14.5. The lowest BCUT2D eigenvalue weighted by atomic mass is 9.91. The molecule has 2 saturated heterocycles. The molecular weight excluding hydrogens is 576 g/mol. The number of hydrogen-bond donors (Lipinski definition) is 1. The molecule has 248 valence electrons. The molecule has 0 spiro atoms. The van der Waals surface area contributed by atoms with Crippen LogP contribution in [0.5, 0.6) is 0 Å². The van der Waals surface area contributed by atoms with Crippen LogP contribution in [0.15, 0.2) is 29.0 Å². The smallest absolute Gasteiger partial charge is 0.410 e. The lowest BCUT2D eigenvalue weighted by molar-refractivity contribution is -0.142. The van der Waals surface area contributed by atoms with E-state index in [0.717, 1.165) is 0 Å². The fraction of sp³-hybridized carbons (Fsp3) is 0.667. The number of hydrogen-bond acceptors (Lipinski definition) is 9. The van der Waals surface area contributed by atoms with Gasteiger partial charge in [0.1, 0.15) is 28.6 Å². The van der Waals surface area contributed by atoms with Gasteiger partial charge in [-0.1, -0.05) is 34.6 Å². The van der Waals surface area contributed by atoms with E-state index in [4.69, 9.17) is 18.9 Å². The summed E-state index contributed by atoms with van der Waals surface area (Å²) in [5, 5.41) is 3.29. The molecule has 0 saturated carbocycles. The van der Waals surface area contributed by atoms with E-state index in [2.05, 4.69) is 10.3 Å². The molecule has 1 N–H and O–H groups in total. The van der Waals surface area contributed by atoms with Crippen LogP contribution in [-0.4, -0.2) is 100 Å². The zero-order chi connectivity index (χ0) is 32.9. The van der Waals surface area contributed by atoms with Crippen LogP contribution in [0.4, 0.5) is 10.6 Å². The van der Waals surface area contributed by atoms with Crippen molar-refractivity contribution < 1.29 is 28.3 Å². The zero-order valence-electron chi connectivity index (χ0n) is 28.1. The molecule has 0 radical (unpaired) electrons. The van der Waals surface area contributed by atoms with Crippen molar-refractivity contribution in [3.05, 3.63) is 41.7 Å². The van der Waals surface area contributed by atoms with Gasteiger partial charge < -0.3 is 33.9 Å². The lowest BCUT2D eigenvalue weighted by Gasteiger charge is -2.44. The number of morpholine rings is 1. The number of nitrogens with zero attached hydrogens (tertiary/aromatic N) is 5. The molecule has 2 aliphatic heterocycles. The second-order valence-electron chi connectivity index (χ2n) is 14.4. The van der Waals surface area contributed by atoms with Gasteiger partial charge in [-0.2, -0.15) is 0 Å². The van der Waals surface area contributed by atoms with Crippen molar-refractivity contribution in [2.24, 2.45) is 11.8 Å². The highest BCUT2D eigenvalue weighted by molar-refractivity contribution is 5.98. The number of likely N-dealkylation sites (tertiary alicyclic amines) is 1. The number of ether oxygens (including phenoxy) is 2. The van der Waals surface area contributed by atoms with Crippen LogP contribution in [-0.2, 0) is 26.2 Å². The largest absolute Gasteiger partial charge is 0.467 e. The molecule has 0 aromatic carbocycles. The van der Waals surface area contributed by atoms with Gasteiger partial charge in [0.15, 0.2) is 0 Å². The third-order valence-electron chi connectivity index (χ3n) is 7.72. The molecule has 45 heavy (non-hydrogen) atoms. The molecule has 12 heteroatoms. The Balaban J connectivity index is 1.69. The third-order valence-corrected chi connectivity index (χ3v) is 7.72. The van der Waals surface area contributed by atoms with E-state index >= 15 is 0 Å². The third kappa shape index (κ3) is 9.18. The van der Waals surface area contributed by atoms with Crippen LogP contribution in [0.3, 0.4) is 0 Å². The van der Waals surface area contributed by atoms with E-state index in [1.807, 2.05) is 67.5 Å². The molecule has 0 aliphatic carbocycles. The molecule has 12 nitrogen and oxygen atoms in total. The van der Waals surface area contributed by atoms with E-state index < -0.39 is 23.7 Å². The van der Waals surface area contributed by atoms with Gasteiger partial charge in [0.25, 0.3) is 5.91 Å². The Labute approximate surface area is 266 Å². The standard InChI is InChI=1S/C33H50N6O6/c1-22(2)19-39(29(41)26-18-35-30(32(3,4)5)36-27(26)34-17-25-10-9-13-44-25)24-16-23(28(40)37-11-14-43-15-12-37)20-38(21-24)31(42)45-33(6,7)8/h9-10,13,18,22-24H,11-12,14-17,19-21H2,1-8H3,(H,34,35,36)/t23-,24+/m0/s1. The predicted molar refractivity (Wildman–Crippen MR) is 170 cm³/mol. The number of carbonyl (C=O) groups is 3. The summed E-state index contributed by atoms with van der Waals surface area (Å²) in [6.07, 6.45) is 3.10. The number of amides is 3. The number of piperidine rings is 1. The van der Waals surface area contributed by atoms with Crippen LogP contribution in [0.25, 0.3) is 0 Å². The van der Waals surface area contributed by atoms with Gasteiger partial charge in [0, 0.05) is 44.3 Å². The highest BCUT2D eigenvalue weighted by Gasteiger charge is 2.41. The fourth-order valence-electron chi connectivity index (χ4n) is 5.56. The number of furan rings is 1. The van der Waals surface area contributed by atoms with Crippen molar-refractivity contribution in [3.63, 3.8) is 0 Å². The topological polar surface area (TPSA) is 130 Å². The van der Waals surface area contributed by atoms with Gasteiger partial charge in [-0.05, 0) is 45.2 Å². The van der Waals surface area contributed by atoms with Gasteiger partial charge in [0.2, 0.25) is 5.91 Å². The highest BCUT2D eigenvalue weighted by Crippen LogP contribution is 2.29. The predicted octanol–water partition coefficient (Wildman–Crippen LogP) is 4.56. The van der Waals surface area contributed by atoms with Crippen LogP contribution in [0.1, 0.15) is 83.8 Å². The van der Waals surface area contributed by atoms with Crippen molar-refractivity contribution in [3.8, 4) is 0 Å². The van der Waals surface area contributed by atoms with Crippen molar-refractivity contribution in [2.75, 3.05) is 51.3 Å². The van der Waals surface area contributed by atoms with Crippen LogP contribution < -0.4 is 5.32 Å². The van der Waals surface area contributed by atoms with Crippen molar-refractivity contribution in [1.82, 2.24) is 24.7 Å². The summed E-state index contributed by atoms with van der Waals surface area (Å²) >= 11 is 0. The number of aromatic nitrogens is 2. The Morgan fingerprint density at radius 2 is 1.80 bits per heavy atom. The molecule has 2 aromatic heterocycles. The molecular formula is C33H50N6O6. The van der Waals surface area contributed by atoms with Gasteiger partial charge in [0.05, 0.1) is 38.0 Å². The number of nitrogens with one attached hydrogen (secondary N) is 1. The quantitative estimate of drug-likeness (QED) is 0.448. The Morgan fingerprint density at radius 3 is 2.40 bits per heavy atom. The molecule has 0 bridgehead atoms. The Morgan fingerprint density at radius 1 is 1.09 bits per heavy atom. The summed E-state index contributed by atoms with van der Waals surface area (Å²) < 4.78 is 16.7. The second kappa shape index (κ2) is 14.2. The van der Waals surface area contributed by atoms with Gasteiger partial charge in [-0.3, -0.25) is 9.59 Å². The normalized spacial score (nSPS) is 19.4. The molecule has 0 unspecified atom stereocenters. The first-order valence-electron chi connectivity index (χ1n) is 15.9. The average molecular weight is 627 g/mol. The van der Waals surface area contributed by atoms with Crippen LogP contribution in [0, 0.1) is 11.8 Å². The first-order valence-corrected chi connectivity index (χ1v) is 15.9. The maximum Gasteiger partial charge on any atom is 0.410 e.